The topological polar surface area (TPSA) is 36.9 Å². The second-order valence-electron chi connectivity index (χ2n) is 16.7. The van der Waals surface area contributed by atoms with E-state index in [1.165, 1.54) is 44.5 Å². The normalized spacial score (nSPS) is 19.8. The third-order valence-corrected chi connectivity index (χ3v) is 14.1. The van der Waals surface area contributed by atoms with Crippen LogP contribution < -0.4 is 5.30 Å². The van der Waals surface area contributed by atoms with Gasteiger partial charge in [-0.1, -0.05) is 146 Å². The maximum absolute atomic E-state index is 8.12. The molecule has 0 N–H and O–H groups in total. The first-order chi connectivity index (χ1) is 28.0. The average Bonchev–Trinajstić information content (AvgIpc) is 3.54. The summed E-state index contributed by atoms with van der Waals surface area (Å²) in [6.45, 7) is 22.1. The first kappa shape index (κ1) is 42.5. The summed E-state index contributed by atoms with van der Waals surface area (Å²) in [6, 6.07) is 39.1. The van der Waals surface area contributed by atoms with Crippen molar-refractivity contribution in [3.05, 3.63) is 170 Å². The van der Waals surface area contributed by atoms with E-state index in [9.17, 15) is 0 Å². The van der Waals surface area contributed by atoms with Gasteiger partial charge in [-0.2, -0.15) is 0 Å². The molecule has 2 fully saturated rings. The SMILES string of the molecule is CCc1cc(CC)cc(C2(c3cc(CC)cc(CC)c3)OP(c3ccccc3)OC(c3cc(CC)cc(CC)c3)(c3cc(CC)cc(CC)c3)[C@@H]3OC(C)(C)O[C@H]32)c1. The zero-order valence-corrected chi connectivity index (χ0v) is 37.6. The van der Waals surface area contributed by atoms with E-state index in [-0.39, 0.29) is 0 Å². The molecule has 5 aromatic carbocycles. The second-order valence-corrected chi connectivity index (χ2v) is 18.1. The number of ether oxygens (including phenoxy) is 2. The van der Waals surface area contributed by atoms with Crippen LogP contribution in [0.2, 0.25) is 0 Å². The van der Waals surface area contributed by atoms with Gasteiger partial charge in [-0.3, -0.25) is 0 Å². The standard InChI is InChI=1S/C53H65O4P/c1-11-36-24-37(12-2)29-44(28-36)52(45-30-38(13-3)25-39(14-4)31-45)49-50(55-51(9,10)54-49)53(46-32-40(15-5)26-41(16-6)33-46,47-34-42(17-7)27-43(18-8)35-47)57-58(56-52)48-22-20-19-21-23-48/h19-35,49-50H,11-18H2,1-10H3/t49-,50-/m1/s1. The van der Waals surface area contributed by atoms with E-state index < -0.39 is 37.6 Å². The Morgan fingerprint density at radius 1 is 0.397 bits per heavy atom. The van der Waals surface area contributed by atoms with Gasteiger partial charge in [-0.05, 0) is 144 Å². The highest BCUT2D eigenvalue weighted by Crippen LogP contribution is 2.64. The zero-order chi connectivity index (χ0) is 41.2. The lowest BCUT2D eigenvalue weighted by molar-refractivity contribution is -0.173. The van der Waals surface area contributed by atoms with Gasteiger partial charge >= 0.3 is 0 Å². The third-order valence-electron chi connectivity index (χ3n) is 12.5. The van der Waals surface area contributed by atoms with E-state index >= 15 is 0 Å². The van der Waals surface area contributed by atoms with Gasteiger partial charge < -0.3 is 18.5 Å². The van der Waals surface area contributed by atoms with Crippen LogP contribution in [0.25, 0.3) is 0 Å². The van der Waals surface area contributed by atoms with Gasteiger partial charge in [0.05, 0.1) is 0 Å². The summed E-state index contributed by atoms with van der Waals surface area (Å²) < 4.78 is 31.3. The molecular formula is C53H65O4P. The Kier molecular flexibility index (Phi) is 12.8. The molecule has 2 atom stereocenters. The molecule has 5 aromatic rings. The van der Waals surface area contributed by atoms with Gasteiger partial charge in [0.25, 0.3) is 0 Å². The summed E-state index contributed by atoms with van der Waals surface area (Å²) in [4.78, 5) is 0. The van der Waals surface area contributed by atoms with Gasteiger partial charge in [0.2, 0.25) is 8.38 Å². The Morgan fingerprint density at radius 3 is 0.897 bits per heavy atom. The maximum Gasteiger partial charge on any atom is 0.207 e. The van der Waals surface area contributed by atoms with Crippen LogP contribution >= 0.6 is 8.38 Å². The highest BCUT2D eigenvalue weighted by atomic mass is 31.2. The van der Waals surface area contributed by atoms with E-state index in [1.807, 2.05) is 0 Å². The smallest absolute Gasteiger partial charge is 0.207 e. The van der Waals surface area contributed by atoms with Crippen LogP contribution in [0.4, 0.5) is 0 Å². The lowest BCUT2D eigenvalue weighted by atomic mass is 9.70. The Hall–Kier alpha value is -3.63. The highest BCUT2D eigenvalue weighted by Gasteiger charge is 2.67. The van der Waals surface area contributed by atoms with Gasteiger partial charge in [0, 0.05) is 5.30 Å². The average molecular weight is 797 g/mol. The molecule has 0 amide bonds. The summed E-state index contributed by atoms with van der Waals surface area (Å²) in [5.74, 6) is -0.955. The number of fused-ring (bicyclic) bond motifs is 1. The van der Waals surface area contributed by atoms with Crippen LogP contribution in [0.1, 0.15) is 136 Å². The first-order valence-corrected chi connectivity index (χ1v) is 23.3. The Bertz CT molecular complexity index is 1870. The fourth-order valence-electron chi connectivity index (χ4n) is 9.14. The Labute approximate surface area is 350 Å². The molecule has 0 bridgehead atoms. The summed E-state index contributed by atoms with van der Waals surface area (Å²) >= 11 is 0. The minimum atomic E-state index is -1.79. The van der Waals surface area contributed by atoms with Crippen molar-refractivity contribution in [1.82, 2.24) is 0 Å². The molecule has 5 heteroatoms. The van der Waals surface area contributed by atoms with E-state index in [4.69, 9.17) is 18.5 Å². The molecule has 4 nitrogen and oxygen atoms in total. The molecular weight excluding hydrogens is 732 g/mol. The Balaban J connectivity index is 1.70. The highest BCUT2D eigenvalue weighted by molar-refractivity contribution is 7.56. The molecule has 0 aromatic heterocycles. The summed E-state index contributed by atoms with van der Waals surface area (Å²) in [5.41, 5.74) is 12.4. The van der Waals surface area contributed by atoms with Crippen molar-refractivity contribution in [3.8, 4) is 0 Å². The molecule has 2 heterocycles. The predicted octanol–water partition coefficient (Wildman–Crippen LogP) is 12.6. The number of benzene rings is 5. The maximum atomic E-state index is 8.12. The summed E-state index contributed by atoms with van der Waals surface area (Å²) in [7, 11) is -1.79. The lowest BCUT2D eigenvalue weighted by Crippen LogP contribution is -2.54. The van der Waals surface area contributed by atoms with Crippen molar-refractivity contribution in [2.75, 3.05) is 0 Å². The zero-order valence-electron chi connectivity index (χ0n) is 36.7. The molecule has 58 heavy (non-hydrogen) atoms. The van der Waals surface area contributed by atoms with Crippen LogP contribution in [0.5, 0.6) is 0 Å². The van der Waals surface area contributed by atoms with Crippen molar-refractivity contribution in [3.63, 3.8) is 0 Å². The van der Waals surface area contributed by atoms with E-state index in [0.29, 0.717) is 0 Å². The van der Waals surface area contributed by atoms with Crippen molar-refractivity contribution < 1.29 is 18.5 Å². The molecule has 0 saturated carbocycles. The fraction of sp³-hybridized carbons (Fsp3) is 0.434. The van der Waals surface area contributed by atoms with Crippen molar-refractivity contribution in [2.24, 2.45) is 0 Å². The molecule has 0 radical (unpaired) electrons. The predicted molar refractivity (Wildman–Crippen MR) is 241 cm³/mol. The monoisotopic (exact) mass is 796 g/mol. The second kappa shape index (κ2) is 17.5. The van der Waals surface area contributed by atoms with Gasteiger partial charge in [-0.25, -0.2) is 0 Å². The van der Waals surface area contributed by atoms with E-state index in [1.54, 1.807) is 0 Å². The van der Waals surface area contributed by atoms with Crippen molar-refractivity contribution >= 4 is 13.7 Å². The first-order valence-electron chi connectivity index (χ1n) is 22.1. The molecule has 2 aliphatic rings. The molecule has 306 valence electrons. The summed E-state index contributed by atoms with van der Waals surface area (Å²) in [5, 5.41) is 1.01. The molecule has 0 unspecified atom stereocenters. The number of aryl methyl sites for hydroxylation is 8. The van der Waals surface area contributed by atoms with E-state index in [2.05, 4.69) is 172 Å². The van der Waals surface area contributed by atoms with Crippen molar-refractivity contribution in [2.45, 2.75) is 150 Å². The van der Waals surface area contributed by atoms with Crippen LogP contribution in [-0.2, 0) is 81.1 Å². The van der Waals surface area contributed by atoms with Crippen LogP contribution in [-0.4, -0.2) is 18.0 Å². The fourth-order valence-corrected chi connectivity index (χ4v) is 11.0. The van der Waals surface area contributed by atoms with E-state index in [0.717, 1.165) is 78.9 Å². The molecule has 2 saturated heterocycles. The third kappa shape index (κ3) is 7.89. The van der Waals surface area contributed by atoms with Crippen molar-refractivity contribution in [1.29, 1.82) is 0 Å². The minimum absolute atomic E-state index is 0.613. The van der Waals surface area contributed by atoms with Gasteiger partial charge in [-0.15, -0.1) is 0 Å². The van der Waals surface area contributed by atoms with Crippen LogP contribution in [0, 0.1) is 0 Å². The lowest BCUT2D eigenvalue weighted by Gasteiger charge is -2.42. The molecule has 7 rings (SSSR count). The van der Waals surface area contributed by atoms with Crippen LogP contribution in [0.3, 0.4) is 0 Å². The molecule has 2 aliphatic heterocycles. The Morgan fingerprint density at radius 2 is 0.655 bits per heavy atom. The van der Waals surface area contributed by atoms with Crippen LogP contribution in [0.15, 0.2) is 103 Å². The molecule has 0 spiro atoms. The molecule has 0 aliphatic carbocycles. The van der Waals surface area contributed by atoms with Gasteiger partial charge in [0.15, 0.2) is 17.0 Å². The number of hydrogen-bond acceptors (Lipinski definition) is 4. The largest absolute Gasteiger partial charge is 0.341 e. The summed E-state index contributed by atoms with van der Waals surface area (Å²) in [6.07, 6.45) is 6.03. The van der Waals surface area contributed by atoms with Gasteiger partial charge in [0.1, 0.15) is 12.2 Å². The number of hydrogen-bond donors (Lipinski definition) is 0. The number of rotatable bonds is 13. The minimum Gasteiger partial charge on any atom is -0.341 e. The quantitative estimate of drug-likeness (QED) is 0.111.